The normalized spacial score (nSPS) is 11.1. The number of ether oxygens (including phenoxy) is 1. The second-order valence-electron chi connectivity index (χ2n) is 4.06. The van der Waals surface area contributed by atoms with E-state index < -0.39 is 11.4 Å². The number of hydrogen-bond donors (Lipinski definition) is 2. The molecule has 0 heterocycles. The fourth-order valence-corrected chi connectivity index (χ4v) is 1.12. The number of carbonyl (C=O) groups excluding carboxylic acids is 1. The number of carboxylic acids is 1. The van der Waals surface area contributed by atoms with Gasteiger partial charge in [0, 0.05) is 20.3 Å². The monoisotopic (exact) mass is 217 g/mol. The lowest BCUT2D eigenvalue weighted by Gasteiger charge is -2.21. The van der Waals surface area contributed by atoms with E-state index in [1.165, 1.54) is 0 Å². The van der Waals surface area contributed by atoms with Crippen LogP contribution in [0.15, 0.2) is 0 Å². The molecule has 15 heavy (non-hydrogen) atoms. The van der Waals surface area contributed by atoms with Crippen molar-refractivity contribution >= 4 is 11.9 Å². The molecule has 5 nitrogen and oxygen atoms in total. The van der Waals surface area contributed by atoms with Crippen LogP contribution in [-0.2, 0) is 14.3 Å². The van der Waals surface area contributed by atoms with Crippen LogP contribution in [0.2, 0.25) is 0 Å². The summed E-state index contributed by atoms with van der Waals surface area (Å²) in [6.45, 7) is 4.33. The van der Waals surface area contributed by atoms with E-state index in [4.69, 9.17) is 9.84 Å². The predicted octanol–water partition coefficient (Wildman–Crippen LogP) is 0.640. The number of methoxy groups -OCH3 is 1. The number of hydrogen-bond acceptors (Lipinski definition) is 3. The van der Waals surface area contributed by atoms with Crippen LogP contribution < -0.4 is 5.32 Å². The number of carboxylic acid groups (broad SMARTS) is 1. The van der Waals surface area contributed by atoms with Gasteiger partial charge in [0.15, 0.2) is 0 Å². The van der Waals surface area contributed by atoms with E-state index in [1.54, 1.807) is 21.0 Å². The minimum Gasteiger partial charge on any atom is -0.481 e. The number of amides is 1. The molecule has 88 valence electrons. The van der Waals surface area contributed by atoms with Gasteiger partial charge in [0.25, 0.3) is 0 Å². The van der Waals surface area contributed by atoms with Crippen molar-refractivity contribution in [3.8, 4) is 0 Å². The number of nitrogens with one attached hydrogen (secondary N) is 1. The highest BCUT2D eigenvalue weighted by molar-refractivity contribution is 5.86. The van der Waals surface area contributed by atoms with Crippen molar-refractivity contribution < 1.29 is 19.4 Å². The Labute approximate surface area is 89.8 Å². The maximum absolute atomic E-state index is 11.5. The molecule has 0 aromatic heterocycles. The molecule has 0 aromatic rings. The van der Waals surface area contributed by atoms with Crippen LogP contribution >= 0.6 is 0 Å². The molecule has 0 radical (unpaired) electrons. The lowest BCUT2D eigenvalue weighted by molar-refractivity contribution is -0.144. The van der Waals surface area contributed by atoms with Crippen LogP contribution in [0.1, 0.15) is 26.7 Å². The lowest BCUT2D eigenvalue weighted by Crippen LogP contribution is -2.39. The molecule has 0 fully saturated rings. The van der Waals surface area contributed by atoms with E-state index >= 15 is 0 Å². The SMILES string of the molecule is COCCCNC(=O)C(C)(C)CC(=O)O. The zero-order chi connectivity index (χ0) is 11.9. The Balaban J connectivity index is 3.91. The molecule has 0 aliphatic heterocycles. The molecule has 0 aromatic carbocycles. The van der Waals surface area contributed by atoms with Gasteiger partial charge in [-0.3, -0.25) is 9.59 Å². The van der Waals surface area contributed by atoms with E-state index in [-0.39, 0.29) is 12.3 Å². The average molecular weight is 217 g/mol. The molecule has 0 rings (SSSR count). The Morgan fingerprint density at radius 2 is 2.00 bits per heavy atom. The van der Waals surface area contributed by atoms with Crippen LogP contribution in [0.4, 0.5) is 0 Å². The summed E-state index contributed by atoms with van der Waals surface area (Å²) in [6.07, 6.45) is 0.564. The van der Waals surface area contributed by atoms with Gasteiger partial charge in [-0.05, 0) is 6.42 Å². The van der Waals surface area contributed by atoms with E-state index in [1.807, 2.05) is 0 Å². The van der Waals surface area contributed by atoms with Crippen LogP contribution in [0.3, 0.4) is 0 Å². The molecular weight excluding hydrogens is 198 g/mol. The third-order valence-electron chi connectivity index (χ3n) is 2.02. The van der Waals surface area contributed by atoms with Crippen molar-refractivity contribution in [3.05, 3.63) is 0 Å². The maximum atomic E-state index is 11.5. The summed E-state index contributed by atoms with van der Waals surface area (Å²) < 4.78 is 4.83. The first-order valence-electron chi connectivity index (χ1n) is 4.89. The standard InChI is InChI=1S/C10H19NO4/c1-10(2,7-8(12)13)9(14)11-5-4-6-15-3/h4-7H2,1-3H3,(H,11,14)(H,12,13). The molecule has 0 aliphatic rings. The Morgan fingerprint density at radius 1 is 1.40 bits per heavy atom. The van der Waals surface area contributed by atoms with Crippen LogP contribution in [0, 0.1) is 5.41 Å². The summed E-state index contributed by atoms with van der Waals surface area (Å²) >= 11 is 0. The summed E-state index contributed by atoms with van der Waals surface area (Å²) in [7, 11) is 1.59. The molecule has 0 spiro atoms. The van der Waals surface area contributed by atoms with Gasteiger partial charge in [0.05, 0.1) is 11.8 Å². The Hall–Kier alpha value is -1.10. The molecule has 0 bridgehead atoms. The van der Waals surface area contributed by atoms with Gasteiger partial charge in [0.2, 0.25) is 5.91 Å². The molecule has 1 amide bonds. The Morgan fingerprint density at radius 3 is 2.47 bits per heavy atom. The maximum Gasteiger partial charge on any atom is 0.304 e. The van der Waals surface area contributed by atoms with E-state index in [2.05, 4.69) is 5.32 Å². The molecule has 0 atom stereocenters. The lowest BCUT2D eigenvalue weighted by atomic mass is 9.88. The fourth-order valence-electron chi connectivity index (χ4n) is 1.12. The van der Waals surface area contributed by atoms with Gasteiger partial charge in [-0.15, -0.1) is 0 Å². The second-order valence-corrected chi connectivity index (χ2v) is 4.06. The first kappa shape index (κ1) is 13.9. The predicted molar refractivity (Wildman–Crippen MR) is 55.5 cm³/mol. The van der Waals surface area contributed by atoms with Crippen LogP contribution in [0.5, 0.6) is 0 Å². The van der Waals surface area contributed by atoms with Gasteiger partial charge in [-0.2, -0.15) is 0 Å². The number of aliphatic carboxylic acids is 1. The van der Waals surface area contributed by atoms with Gasteiger partial charge >= 0.3 is 5.97 Å². The summed E-state index contributed by atoms with van der Waals surface area (Å²) in [5.74, 6) is -1.20. The minimum atomic E-state index is -0.966. The summed E-state index contributed by atoms with van der Waals surface area (Å²) in [5, 5.41) is 11.3. The smallest absolute Gasteiger partial charge is 0.304 e. The van der Waals surface area contributed by atoms with Crippen LogP contribution in [0.25, 0.3) is 0 Å². The van der Waals surface area contributed by atoms with Crippen LogP contribution in [-0.4, -0.2) is 37.2 Å². The summed E-state index contributed by atoms with van der Waals surface area (Å²) in [4.78, 5) is 22.0. The molecule has 0 aliphatic carbocycles. The minimum absolute atomic E-state index is 0.164. The molecule has 5 heteroatoms. The van der Waals surface area contributed by atoms with Crippen molar-refractivity contribution in [2.75, 3.05) is 20.3 Å². The highest BCUT2D eigenvalue weighted by atomic mass is 16.5. The topological polar surface area (TPSA) is 75.6 Å². The van der Waals surface area contributed by atoms with E-state index in [9.17, 15) is 9.59 Å². The third kappa shape index (κ3) is 6.06. The fraction of sp³-hybridized carbons (Fsp3) is 0.800. The van der Waals surface area contributed by atoms with Crippen molar-refractivity contribution in [2.24, 2.45) is 5.41 Å². The van der Waals surface area contributed by atoms with Gasteiger partial charge in [0.1, 0.15) is 0 Å². The van der Waals surface area contributed by atoms with Gasteiger partial charge < -0.3 is 15.2 Å². The molecule has 0 unspecified atom stereocenters. The van der Waals surface area contributed by atoms with Gasteiger partial charge in [-0.25, -0.2) is 0 Å². The van der Waals surface area contributed by atoms with E-state index in [0.29, 0.717) is 13.2 Å². The highest BCUT2D eigenvalue weighted by Gasteiger charge is 2.29. The van der Waals surface area contributed by atoms with Crippen molar-refractivity contribution in [3.63, 3.8) is 0 Å². The highest BCUT2D eigenvalue weighted by Crippen LogP contribution is 2.19. The largest absolute Gasteiger partial charge is 0.481 e. The first-order valence-corrected chi connectivity index (χ1v) is 4.89. The Bertz CT molecular complexity index is 225. The number of rotatable bonds is 7. The zero-order valence-electron chi connectivity index (χ0n) is 9.50. The van der Waals surface area contributed by atoms with Crippen molar-refractivity contribution in [2.45, 2.75) is 26.7 Å². The Kier molecular flexibility index (Phi) is 5.93. The zero-order valence-corrected chi connectivity index (χ0v) is 9.50. The molecule has 0 saturated carbocycles. The second kappa shape index (κ2) is 6.40. The van der Waals surface area contributed by atoms with Crippen molar-refractivity contribution in [1.82, 2.24) is 5.32 Å². The van der Waals surface area contributed by atoms with Gasteiger partial charge in [-0.1, -0.05) is 13.8 Å². The molecular formula is C10H19NO4. The van der Waals surface area contributed by atoms with E-state index in [0.717, 1.165) is 6.42 Å². The quantitative estimate of drug-likeness (QED) is 0.614. The summed E-state index contributed by atoms with van der Waals surface area (Å²) in [5.41, 5.74) is -0.862. The average Bonchev–Trinajstić information content (AvgIpc) is 2.10. The summed E-state index contributed by atoms with van der Waals surface area (Å²) in [6, 6.07) is 0. The molecule has 0 saturated heterocycles. The third-order valence-corrected chi connectivity index (χ3v) is 2.02. The van der Waals surface area contributed by atoms with Crippen molar-refractivity contribution in [1.29, 1.82) is 0 Å². The molecule has 2 N–H and O–H groups in total. The first-order chi connectivity index (χ1) is 6.90. The number of carbonyl (C=O) groups is 2.